The molecule has 0 aliphatic heterocycles. The van der Waals surface area contributed by atoms with E-state index in [1.807, 2.05) is 31.2 Å². The molecule has 0 aliphatic rings. The maximum Gasteiger partial charge on any atom is 0.273 e. The molecule has 2 rings (SSSR count). The zero-order valence-corrected chi connectivity index (χ0v) is 10.1. The van der Waals surface area contributed by atoms with Gasteiger partial charge in [-0.1, -0.05) is 29.8 Å². The number of hydrogen-bond donors (Lipinski definition) is 2. The van der Waals surface area contributed by atoms with Crippen LogP contribution in [-0.4, -0.2) is 15.7 Å². The van der Waals surface area contributed by atoms with E-state index in [9.17, 15) is 9.59 Å². The average Bonchev–Trinajstić information content (AvgIpc) is 2.70. The Morgan fingerprint density at radius 2 is 2.17 bits per heavy atom. The lowest BCUT2D eigenvalue weighted by atomic mass is 10.1. The maximum atomic E-state index is 12.0. The van der Waals surface area contributed by atoms with Gasteiger partial charge in [-0.05, 0) is 12.5 Å². The SMILES string of the molecule is Cc1cccc(CC(=O)n2[nH]c(CN)cc2=O)c1. The molecular formula is C13H15N3O2. The number of aromatic amines is 1. The Kier molecular flexibility index (Phi) is 3.43. The third-order valence-corrected chi connectivity index (χ3v) is 2.68. The minimum absolute atomic E-state index is 0.187. The highest BCUT2D eigenvalue weighted by molar-refractivity contribution is 5.80. The van der Waals surface area contributed by atoms with Crippen molar-refractivity contribution in [2.75, 3.05) is 0 Å². The zero-order valence-electron chi connectivity index (χ0n) is 10.1. The number of carbonyl (C=O) groups excluding carboxylic acids is 1. The molecule has 0 atom stereocenters. The smallest absolute Gasteiger partial charge is 0.273 e. The van der Waals surface area contributed by atoms with Crippen LogP contribution in [0.2, 0.25) is 0 Å². The fourth-order valence-electron chi connectivity index (χ4n) is 1.81. The number of aryl methyl sites for hydroxylation is 1. The van der Waals surface area contributed by atoms with Crippen molar-refractivity contribution in [3.05, 3.63) is 57.5 Å². The molecule has 2 aromatic rings. The van der Waals surface area contributed by atoms with Crippen LogP contribution in [0, 0.1) is 6.92 Å². The lowest BCUT2D eigenvalue weighted by Crippen LogP contribution is -2.25. The van der Waals surface area contributed by atoms with Crippen molar-refractivity contribution >= 4 is 5.91 Å². The lowest BCUT2D eigenvalue weighted by molar-refractivity contribution is 0.0894. The normalized spacial score (nSPS) is 10.6. The third-order valence-electron chi connectivity index (χ3n) is 2.68. The molecule has 0 saturated carbocycles. The number of nitrogens with two attached hydrogens (primary N) is 1. The molecular weight excluding hydrogens is 230 g/mol. The van der Waals surface area contributed by atoms with Crippen molar-refractivity contribution in [3.8, 4) is 0 Å². The number of aromatic nitrogens is 2. The van der Waals surface area contributed by atoms with Gasteiger partial charge in [0, 0.05) is 12.6 Å². The monoisotopic (exact) mass is 245 g/mol. The van der Waals surface area contributed by atoms with Crippen LogP contribution in [0.5, 0.6) is 0 Å². The summed E-state index contributed by atoms with van der Waals surface area (Å²) in [6.45, 7) is 2.17. The van der Waals surface area contributed by atoms with E-state index in [0.717, 1.165) is 15.8 Å². The van der Waals surface area contributed by atoms with Crippen LogP contribution in [-0.2, 0) is 13.0 Å². The summed E-state index contributed by atoms with van der Waals surface area (Å²) in [7, 11) is 0. The zero-order chi connectivity index (χ0) is 13.1. The van der Waals surface area contributed by atoms with Gasteiger partial charge in [-0.25, -0.2) is 0 Å². The summed E-state index contributed by atoms with van der Waals surface area (Å²) >= 11 is 0. The minimum Gasteiger partial charge on any atom is -0.325 e. The number of hydrogen-bond acceptors (Lipinski definition) is 3. The van der Waals surface area contributed by atoms with Crippen molar-refractivity contribution in [2.24, 2.45) is 5.73 Å². The van der Waals surface area contributed by atoms with Crippen LogP contribution in [0.25, 0.3) is 0 Å². The first-order valence-corrected chi connectivity index (χ1v) is 5.70. The Morgan fingerprint density at radius 1 is 1.39 bits per heavy atom. The van der Waals surface area contributed by atoms with Gasteiger partial charge >= 0.3 is 0 Å². The van der Waals surface area contributed by atoms with Crippen molar-refractivity contribution in [1.82, 2.24) is 9.78 Å². The quantitative estimate of drug-likeness (QED) is 0.840. The number of nitrogens with zero attached hydrogens (tertiary/aromatic N) is 1. The minimum atomic E-state index is -0.367. The third kappa shape index (κ3) is 2.57. The Balaban J connectivity index is 2.22. The topological polar surface area (TPSA) is 80.9 Å². The molecule has 0 saturated heterocycles. The van der Waals surface area contributed by atoms with Gasteiger partial charge < -0.3 is 5.73 Å². The predicted octanol–water partition coefficient (Wildman–Crippen LogP) is 0.826. The van der Waals surface area contributed by atoms with Crippen LogP contribution in [0.1, 0.15) is 21.6 Å². The highest BCUT2D eigenvalue weighted by atomic mass is 16.2. The molecule has 0 bridgehead atoms. The van der Waals surface area contributed by atoms with E-state index in [-0.39, 0.29) is 24.4 Å². The highest BCUT2D eigenvalue weighted by Crippen LogP contribution is 2.05. The molecule has 0 unspecified atom stereocenters. The number of benzene rings is 1. The van der Waals surface area contributed by atoms with Crippen LogP contribution < -0.4 is 11.3 Å². The Hall–Kier alpha value is -2.14. The highest BCUT2D eigenvalue weighted by Gasteiger charge is 2.11. The van der Waals surface area contributed by atoms with Gasteiger partial charge in [0.05, 0.1) is 12.1 Å². The second kappa shape index (κ2) is 5.01. The number of carbonyl (C=O) groups is 1. The lowest BCUT2D eigenvalue weighted by Gasteiger charge is -2.02. The van der Waals surface area contributed by atoms with E-state index in [0.29, 0.717) is 5.69 Å². The summed E-state index contributed by atoms with van der Waals surface area (Å²) in [6.07, 6.45) is 0.187. The van der Waals surface area contributed by atoms with Crippen LogP contribution >= 0.6 is 0 Å². The fraction of sp³-hybridized carbons (Fsp3) is 0.231. The van der Waals surface area contributed by atoms with Crippen molar-refractivity contribution < 1.29 is 4.79 Å². The summed E-state index contributed by atoms with van der Waals surface area (Å²) in [5.74, 6) is -0.287. The molecule has 0 radical (unpaired) electrons. The molecule has 5 heteroatoms. The first kappa shape index (κ1) is 12.3. The second-order valence-electron chi connectivity index (χ2n) is 4.22. The van der Waals surface area contributed by atoms with Crippen molar-refractivity contribution in [1.29, 1.82) is 0 Å². The molecule has 0 amide bonds. The summed E-state index contributed by atoms with van der Waals surface area (Å²) < 4.78 is 1.00. The van der Waals surface area contributed by atoms with Crippen LogP contribution in [0.4, 0.5) is 0 Å². The van der Waals surface area contributed by atoms with E-state index >= 15 is 0 Å². The van der Waals surface area contributed by atoms with E-state index in [4.69, 9.17) is 5.73 Å². The molecule has 18 heavy (non-hydrogen) atoms. The Morgan fingerprint density at radius 3 is 2.78 bits per heavy atom. The summed E-state index contributed by atoms with van der Waals surface area (Å²) in [5, 5.41) is 2.70. The van der Waals surface area contributed by atoms with Gasteiger partial charge in [-0.15, -0.1) is 0 Å². The molecule has 1 aromatic heterocycles. The van der Waals surface area contributed by atoms with Gasteiger partial charge in [0.1, 0.15) is 0 Å². The molecule has 94 valence electrons. The van der Waals surface area contributed by atoms with Crippen LogP contribution in [0.15, 0.2) is 35.1 Å². The van der Waals surface area contributed by atoms with Gasteiger partial charge in [0.15, 0.2) is 0 Å². The van der Waals surface area contributed by atoms with E-state index in [2.05, 4.69) is 5.10 Å². The van der Waals surface area contributed by atoms with Crippen molar-refractivity contribution in [2.45, 2.75) is 19.9 Å². The van der Waals surface area contributed by atoms with Gasteiger partial charge in [-0.2, -0.15) is 4.68 Å². The van der Waals surface area contributed by atoms with Crippen LogP contribution in [0.3, 0.4) is 0 Å². The summed E-state index contributed by atoms with van der Waals surface area (Å²) in [5.41, 5.74) is 7.57. The molecule has 0 fully saturated rings. The number of H-pyrrole nitrogens is 1. The predicted molar refractivity (Wildman–Crippen MR) is 68.5 cm³/mol. The molecule has 0 spiro atoms. The standard InChI is InChI=1S/C13H15N3O2/c1-9-3-2-4-10(5-9)6-12(17)16-13(18)7-11(8-14)15-16/h2-5,7,15H,6,8,14H2,1H3. The fourth-order valence-corrected chi connectivity index (χ4v) is 1.81. The van der Waals surface area contributed by atoms with Gasteiger partial charge in [0.2, 0.25) is 0 Å². The van der Waals surface area contributed by atoms with Gasteiger partial charge in [-0.3, -0.25) is 14.7 Å². The molecule has 1 aromatic carbocycles. The first-order valence-electron chi connectivity index (χ1n) is 5.70. The number of nitrogens with one attached hydrogen (secondary N) is 1. The maximum absolute atomic E-state index is 12.0. The van der Waals surface area contributed by atoms with E-state index < -0.39 is 0 Å². The first-order chi connectivity index (χ1) is 8.60. The second-order valence-corrected chi connectivity index (χ2v) is 4.22. The molecule has 1 heterocycles. The summed E-state index contributed by atoms with van der Waals surface area (Å²) in [4.78, 5) is 23.5. The Labute approximate surface area is 104 Å². The van der Waals surface area contributed by atoms with E-state index in [1.165, 1.54) is 6.07 Å². The molecule has 3 N–H and O–H groups in total. The van der Waals surface area contributed by atoms with Crippen molar-refractivity contribution in [3.63, 3.8) is 0 Å². The largest absolute Gasteiger partial charge is 0.325 e. The van der Waals surface area contributed by atoms with Gasteiger partial charge in [0.25, 0.3) is 11.5 Å². The number of rotatable bonds is 3. The molecule has 5 nitrogen and oxygen atoms in total. The Bertz CT molecular complexity index is 625. The van der Waals surface area contributed by atoms with E-state index in [1.54, 1.807) is 0 Å². The average molecular weight is 245 g/mol. The molecule has 0 aliphatic carbocycles. The summed E-state index contributed by atoms with van der Waals surface area (Å²) in [6, 6.07) is 8.98.